The molecule has 0 unspecified atom stereocenters. The average Bonchev–Trinajstić information content (AvgIpc) is 2.87. The summed E-state index contributed by atoms with van der Waals surface area (Å²) in [7, 11) is 2.89. The van der Waals surface area contributed by atoms with Gasteiger partial charge in [0.25, 0.3) is 0 Å². The molecule has 7 heteroatoms. The fourth-order valence-corrected chi connectivity index (χ4v) is 2.79. The van der Waals surface area contributed by atoms with E-state index in [1.165, 1.54) is 26.0 Å². The van der Waals surface area contributed by atoms with Crippen LogP contribution in [0, 0.1) is 0 Å². The molecule has 0 fully saturated rings. The van der Waals surface area contributed by atoms with Gasteiger partial charge in [-0.3, -0.25) is 4.99 Å². The van der Waals surface area contributed by atoms with Crippen LogP contribution in [0.15, 0.2) is 17.1 Å². The van der Waals surface area contributed by atoms with Crippen LogP contribution in [-0.2, 0) is 4.79 Å². The standard InChI is InChI=1S/C12H13NO5S/c1-17-8-4-3-6(9(14)10(8)18-2)11-13-7(5-19-11)12(15)16/h3-4,7,14H,5H2,1-2H3,(H,15,16)/t7-/m1/s1. The van der Waals surface area contributed by atoms with Gasteiger partial charge in [0.15, 0.2) is 17.5 Å². The zero-order chi connectivity index (χ0) is 14.0. The number of phenolic OH excluding ortho intramolecular Hbond substituents is 1. The molecule has 2 rings (SSSR count). The molecule has 1 aromatic carbocycles. The number of hydrogen-bond acceptors (Lipinski definition) is 6. The van der Waals surface area contributed by atoms with E-state index < -0.39 is 12.0 Å². The van der Waals surface area contributed by atoms with Crippen molar-refractivity contribution in [2.45, 2.75) is 6.04 Å². The first-order valence-electron chi connectivity index (χ1n) is 5.46. The van der Waals surface area contributed by atoms with Gasteiger partial charge in [0.2, 0.25) is 5.75 Å². The maximum atomic E-state index is 10.9. The van der Waals surface area contributed by atoms with Crippen LogP contribution >= 0.6 is 11.8 Å². The van der Waals surface area contributed by atoms with Crippen molar-refractivity contribution in [2.75, 3.05) is 20.0 Å². The number of aliphatic imine (C=N–C) groups is 1. The van der Waals surface area contributed by atoms with E-state index >= 15 is 0 Å². The van der Waals surface area contributed by atoms with Crippen molar-refractivity contribution in [2.24, 2.45) is 4.99 Å². The van der Waals surface area contributed by atoms with Gasteiger partial charge in [-0.25, -0.2) is 4.79 Å². The molecule has 1 heterocycles. The van der Waals surface area contributed by atoms with Crippen LogP contribution in [0.2, 0.25) is 0 Å². The molecule has 0 aromatic heterocycles. The van der Waals surface area contributed by atoms with Crippen LogP contribution in [0.1, 0.15) is 5.56 Å². The highest BCUT2D eigenvalue weighted by Gasteiger charge is 2.28. The van der Waals surface area contributed by atoms with E-state index in [0.29, 0.717) is 22.1 Å². The number of carbonyl (C=O) groups is 1. The molecule has 19 heavy (non-hydrogen) atoms. The second kappa shape index (κ2) is 5.40. The summed E-state index contributed by atoms with van der Waals surface area (Å²) in [6.07, 6.45) is 0. The third-order valence-electron chi connectivity index (χ3n) is 2.69. The molecule has 1 aliphatic heterocycles. The smallest absolute Gasteiger partial charge is 0.329 e. The summed E-state index contributed by atoms with van der Waals surface area (Å²) in [4.78, 5) is 14.9. The largest absolute Gasteiger partial charge is 0.504 e. The first-order chi connectivity index (χ1) is 9.08. The summed E-state index contributed by atoms with van der Waals surface area (Å²) in [6, 6.07) is 2.50. The maximum Gasteiger partial charge on any atom is 0.329 e. The van der Waals surface area contributed by atoms with Crippen LogP contribution in [0.4, 0.5) is 0 Å². The SMILES string of the molecule is COc1ccc(C2=N[C@@H](C(=O)O)CS2)c(O)c1OC. The predicted octanol–water partition coefficient (Wildman–Crippen LogP) is 1.36. The Morgan fingerprint density at radius 1 is 1.42 bits per heavy atom. The number of methoxy groups -OCH3 is 2. The second-order valence-electron chi connectivity index (χ2n) is 3.80. The highest BCUT2D eigenvalue weighted by Crippen LogP contribution is 2.41. The summed E-state index contributed by atoms with van der Waals surface area (Å²) in [5, 5.41) is 19.5. The molecule has 6 nitrogen and oxygen atoms in total. The summed E-state index contributed by atoms with van der Waals surface area (Å²) in [5.74, 6) is -0.0934. The predicted molar refractivity (Wildman–Crippen MR) is 71.6 cm³/mol. The number of phenols is 1. The number of aromatic hydroxyl groups is 1. The van der Waals surface area contributed by atoms with Gasteiger partial charge in [-0.1, -0.05) is 0 Å². The number of carboxylic acids is 1. The molecule has 0 aliphatic carbocycles. The van der Waals surface area contributed by atoms with Crippen molar-refractivity contribution in [3.05, 3.63) is 17.7 Å². The lowest BCUT2D eigenvalue weighted by Crippen LogP contribution is -2.17. The normalized spacial score (nSPS) is 18.0. The molecular formula is C12H13NO5S. The highest BCUT2D eigenvalue weighted by atomic mass is 32.2. The zero-order valence-corrected chi connectivity index (χ0v) is 11.2. The van der Waals surface area contributed by atoms with Crippen molar-refractivity contribution in [3.8, 4) is 17.2 Å². The monoisotopic (exact) mass is 283 g/mol. The van der Waals surface area contributed by atoms with Crippen LogP contribution in [0.5, 0.6) is 17.2 Å². The minimum absolute atomic E-state index is 0.0980. The van der Waals surface area contributed by atoms with Crippen LogP contribution in [0.3, 0.4) is 0 Å². The van der Waals surface area contributed by atoms with Crippen molar-refractivity contribution in [1.82, 2.24) is 0 Å². The van der Waals surface area contributed by atoms with Crippen molar-refractivity contribution in [3.63, 3.8) is 0 Å². The summed E-state index contributed by atoms with van der Waals surface area (Å²) in [5.41, 5.74) is 0.450. The third kappa shape index (κ3) is 2.46. The van der Waals surface area contributed by atoms with Gasteiger partial charge in [-0.15, -0.1) is 11.8 Å². The molecule has 102 valence electrons. The Morgan fingerprint density at radius 2 is 2.16 bits per heavy atom. The Kier molecular flexibility index (Phi) is 3.84. The van der Waals surface area contributed by atoms with Gasteiger partial charge in [0.05, 0.1) is 19.8 Å². The molecule has 0 amide bonds. The minimum atomic E-state index is -0.970. The van der Waals surface area contributed by atoms with Gasteiger partial charge in [-0.05, 0) is 12.1 Å². The minimum Gasteiger partial charge on any atom is -0.504 e. The lowest BCUT2D eigenvalue weighted by Gasteiger charge is -2.12. The molecule has 0 spiro atoms. The van der Waals surface area contributed by atoms with Gasteiger partial charge >= 0.3 is 5.97 Å². The lowest BCUT2D eigenvalue weighted by atomic mass is 10.2. The van der Waals surface area contributed by atoms with E-state index in [2.05, 4.69) is 4.99 Å². The molecule has 0 saturated heterocycles. The number of ether oxygens (including phenoxy) is 2. The number of carboxylic acid groups (broad SMARTS) is 1. The molecule has 0 bridgehead atoms. The van der Waals surface area contributed by atoms with Gasteiger partial charge in [-0.2, -0.15) is 0 Å². The third-order valence-corrected chi connectivity index (χ3v) is 3.77. The van der Waals surface area contributed by atoms with E-state index in [1.807, 2.05) is 0 Å². The first kappa shape index (κ1) is 13.5. The average molecular weight is 283 g/mol. The van der Waals surface area contributed by atoms with Crippen molar-refractivity contribution >= 4 is 22.8 Å². The Balaban J connectivity index is 2.42. The van der Waals surface area contributed by atoms with E-state index in [-0.39, 0.29) is 11.5 Å². The first-order valence-corrected chi connectivity index (χ1v) is 6.44. The topological polar surface area (TPSA) is 88.4 Å². The fraction of sp³-hybridized carbons (Fsp3) is 0.333. The van der Waals surface area contributed by atoms with Crippen LogP contribution < -0.4 is 9.47 Å². The summed E-state index contributed by atoms with van der Waals surface area (Å²) < 4.78 is 10.2. The molecular weight excluding hydrogens is 270 g/mol. The Hall–Kier alpha value is -1.89. The Morgan fingerprint density at radius 3 is 2.68 bits per heavy atom. The van der Waals surface area contributed by atoms with E-state index in [9.17, 15) is 9.90 Å². The fourth-order valence-electron chi connectivity index (χ4n) is 1.73. The Labute approximate surface area is 114 Å². The number of nitrogens with zero attached hydrogens (tertiary/aromatic N) is 1. The highest BCUT2D eigenvalue weighted by molar-refractivity contribution is 8.14. The van der Waals surface area contributed by atoms with Gasteiger partial charge in [0, 0.05) is 5.75 Å². The van der Waals surface area contributed by atoms with Gasteiger partial charge in [0.1, 0.15) is 5.04 Å². The van der Waals surface area contributed by atoms with E-state index in [1.54, 1.807) is 12.1 Å². The molecule has 1 aromatic rings. The molecule has 2 N–H and O–H groups in total. The van der Waals surface area contributed by atoms with Crippen LogP contribution in [-0.4, -0.2) is 47.2 Å². The second-order valence-corrected chi connectivity index (χ2v) is 4.81. The Bertz CT molecular complexity index is 543. The van der Waals surface area contributed by atoms with Crippen molar-refractivity contribution in [1.29, 1.82) is 0 Å². The quantitative estimate of drug-likeness (QED) is 0.867. The molecule has 0 radical (unpaired) electrons. The number of rotatable bonds is 4. The molecule has 1 aliphatic rings. The summed E-state index contributed by atoms with van der Waals surface area (Å²) >= 11 is 1.29. The summed E-state index contributed by atoms with van der Waals surface area (Å²) in [6.45, 7) is 0. The number of benzene rings is 1. The zero-order valence-electron chi connectivity index (χ0n) is 10.4. The number of hydrogen-bond donors (Lipinski definition) is 2. The van der Waals surface area contributed by atoms with Crippen LogP contribution in [0.25, 0.3) is 0 Å². The van der Waals surface area contributed by atoms with E-state index in [4.69, 9.17) is 14.6 Å². The van der Waals surface area contributed by atoms with E-state index in [0.717, 1.165) is 0 Å². The van der Waals surface area contributed by atoms with Crippen molar-refractivity contribution < 1.29 is 24.5 Å². The molecule has 1 atom stereocenters. The molecule has 0 saturated carbocycles. The lowest BCUT2D eigenvalue weighted by molar-refractivity contribution is -0.137. The maximum absolute atomic E-state index is 10.9. The number of aliphatic carboxylic acids is 1. The van der Waals surface area contributed by atoms with Gasteiger partial charge < -0.3 is 19.7 Å². The number of thioether (sulfide) groups is 1.